The second-order valence-electron chi connectivity index (χ2n) is 4.46. The number of ether oxygens (including phenoxy) is 1. The summed E-state index contributed by atoms with van der Waals surface area (Å²) in [5, 5.41) is 10.6. The fraction of sp³-hybridized carbons (Fsp3) is 0.286. The molecule has 1 aromatic heterocycles. The van der Waals surface area contributed by atoms with Gasteiger partial charge in [-0.05, 0) is 29.1 Å². The molecule has 0 bridgehead atoms. The minimum absolute atomic E-state index is 0.0114. The Morgan fingerprint density at radius 2 is 1.85 bits per heavy atom. The van der Waals surface area contributed by atoms with Crippen molar-refractivity contribution in [1.82, 2.24) is 0 Å². The van der Waals surface area contributed by atoms with E-state index in [1.165, 1.54) is 17.0 Å². The van der Waals surface area contributed by atoms with Gasteiger partial charge in [-0.1, -0.05) is 18.2 Å². The molecule has 1 aromatic carbocycles. The highest BCUT2D eigenvalue weighted by Crippen LogP contribution is 2.40. The first kappa shape index (κ1) is 13.2. The van der Waals surface area contributed by atoms with Gasteiger partial charge in [-0.3, -0.25) is 0 Å². The average molecular weight is 294 g/mol. The molecule has 0 N–H and O–H groups in total. The Labute approximate surface area is 118 Å². The molecule has 2 aromatic rings. The van der Waals surface area contributed by atoms with Crippen molar-refractivity contribution in [1.29, 1.82) is 0 Å². The zero-order valence-corrected chi connectivity index (χ0v) is 11.3. The van der Waals surface area contributed by atoms with Crippen molar-refractivity contribution in [2.75, 3.05) is 0 Å². The molecular formula is C14H12F2N2OS. The van der Waals surface area contributed by atoms with Gasteiger partial charge < -0.3 is 4.74 Å². The van der Waals surface area contributed by atoms with E-state index in [0.29, 0.717) is 0 Å². The van der Waals surface area contributed by atoms with Crippen LogP contribution in [-0.2, 0) is 0 Å². The largest absolute Gasteiger partial charge is 0.435 e. The molecule has 3 rings (SSSR count). The maximum atomic E-state index is 12.1. The van der Waals surface area contributed by atoms with Crippen molar-refractivity contribution < 1.29 is 13.5 Å². The summed E-state index contributed by atoms with van der Waals surface area (Å²) in [5.41, 5.74) is 0.967. The SMILES string of the molecule is FC(F)Oc1ccc(C2CC(c3cccs3)N=N2)cc1. The van der Waals surface area contributed by atoms with Crippen LogP contribution in [0, 0.1) is 0 Å². The van der Waals surface area contributed by atoms with Gasteiger partial charge in [-0.15, -0.1) is 11.3 Å². The number of rotatable bonds is 4. The number of hydrogen-bond acceptors (Lipinski definition) is 4. The summed E-state index contributed by atoms with van der Waals surface area (Å²) < 4.78 is 28.5. The van der Waals surface area contributed by atoms with Crippen molar-refractivity contribution in [3.05, 3.63) is 52.2 Å². The van der Waals surface area contributed by atoms with Gasteiger partial charge in [0.25, 0.3) is 0 Å². The molecular weight excluding hydrogens is 282 g/mol. The van der Waals surface area contributed by atoms with Crippen molar-refractivity contribution >= 4 is 11.3 Å². The Morgan fingerprint density at radius 1 is 1.10 bits per heavy atom. The number of benzene rings is 1. The summed E-state index contributed by atoms with van der Waals surface area (Å²) in [6, 6.07) is 10.7. The van der Waals surface area contributed by atoms with Gasteiger partial charge in [0.05, 0.1) is 6.04 Å². The molecule has 6 heteroatoms. The minimum atomic E-state index is -2.80. The molecule has 0 saturated carbocycles. The zero-order valence-electron chi connectivity index (χ0n) is 10.4. The highest BCUT2D eigenvalue weighted by molar-refractivity contribution is 7.10. The molecule has 3 nitrogen and oxygen atoms in total. The lowest BCUT2D eigenvalue weighted by Gasteiger charge is -2.09. The van der Waals surface area contributed by atoms with Crippen molar-refractivity contribution in [3.63, 3.8) is 0 Å². The molecule has 1 aliphatic rings. The van der Waals surface area contributed by atoms with E-state index >= 15 is 0 Å². The number of nitrogens with zero attached hydrogens (tertiary/aromatic N) is 2. The highest BCUT2D eigenvalue weighted by Gasteiger charge is 2.25. The maximum absolute atomic E-state index is 12.1. The number of halogens is 2. The van der Waals surface area contributed by atoms with Crippen molar-refractivity contribution in [2.45, 2.75) is 25.1 Å². The molecule has 20 heavy (non-hydrogen) atoms. The molecule has 2 heterocycles. The number of hydrogen-bond donors (Lipinski definition) is 0. The Hall–Kier alpha value is -1.82. The first-order valence-corrected chi connectivity index (χ1v) is 7.08. The summed E-state index contributed by atoms with van der Waals surface area (Å²) in [7, 11) is 0. The van der Waals surface area contributed by atoms with E-state index in [0.717, 1.165) is 12.0 Å². The van der Waals surface area contributed by atoms with E-state index < -0.39 is 6.61 Å². The third-order valence-electron chi connectivity index (χ3n) is 3.15. The van der Waals surface area contributed by atoms with Crippen LogP contribution in [0.4, 0.5) is 8.78 Å². The standard InChI is InChI=1S/C14H12F2N2OS/c15-14(16)19-10-5-3-9(4-6-10)11-8-12(18-17-11)13-2-1-7-20-13/h1-7,11-12,14H,8H2. The number of thiophene rings is 1. The van der Waals surface area contributed by atoms with E-state index in [-0.39, 0.29) is 17.8 Å². The van der Waals surface area contributed by atoms with Crippen molar-refractivity contribution in [2.24, 2.45) is 10.2 Å². The van der Waals surface area contributed by atoms with Gasteiger partial charge in [-0.25, -0.2) is 0 Å². The average Bonchev–Trinajstić information content (AvgIpc) is 3.10. The van der Waals surface area contributed by atoms with Crippen LogP contribution in [0.5, 0.6) is 5.75 Å². The quantitative estimate of drug-likeness (QED) is 0.782. The number of azo groups is 1. The van der Waals surface area contributed by atoms with Gasteiger partial charge in [0.2, 0.25) is 0 Å². The predicted molar refractivity (Wildman–Crippen MR) is 72.3 cm³/mol. The normalized spacial score (nSPS) is 21.6. The number of alkyl halides is 2. The zero-order chi connectivity index (χ0) is 13.9. The van der Waals surface area contributed by atoms with E-state index in [4.69, 9.17) is 0 Å². The molecule has 2 unspecified atom stereocenters. The smallest absolute Gasteiger partial charge is 0.387 e. The Bertz CT molecular complexity index is 584. The summed E-state index contributed by atoms with van der Waals surface area (Å²) in [6.07, 6.45) is 0.815. The molecule has 0 radical (unpaired) electrons. The van der Waals surface area contributed by atoms with Crippen LogP contribution in [-0.4, -0.2) is 6.61 Å². The lowest BCUT2D eigenvalue weighted by molar-refractivity contribution is -0.0498. The first-order chi connectivity index (χ1) is 9.72. The summed E-state index contributed by atoms with van der Waals surface area (Å²) >= 11 is 1.67. The Morgan fingerprint density at radius 3 is 2.50 bits per heavy atom. The van der Waals surface area contributed by atoms with E-state index in [1.807, 2.05) is 11.4 Å². The van der Waals surface area contributed by atoms with Gasteiger partial charge in [-0.2, -0.15) is 19.0 Å². The van der Waals surface area contributed by atoms with Crippen LogP contribution in [0.2, 0.25) is 0 Å². The molecule has 1 aliphatic heterocycles. The van der Waals surface area contributed by atoms with E-state index in [9.17, 15) is 8.78 Å². The minimum Gasteiger partial charge on any atom is -0.435 e. The maximum Gasteiger partial charge on any atom is 0.387 e. The molecule has 0 aliphatic carbocycles. The predicted octanol–water partition coefficient (Wildman–Crippen LogP) is 4.99. The van der Waals surface area contributed by atoms with Crippen LogP contribution in [0.25, 0.3) is 0 Å². The van der Waals surface area contributed by atoms with Crippen LogP contribution in [0.15, 0.2) is 52.0 Å². The molecule has 0 spiro atoms. The topological polar surface area (TPSA) is 34.0 Å². The first-order valence-electron chi connectivity index (χ1n) is 6.20. The van der Waals surface area contributed by atoms with E-state index in [2.05, 4.69) is 21.0 Å². The monoisotopic (exact) mass is 294 g/mol. The summed E-state index contributed by atoms with van der Waals surface area (Å²) in [4.78, 5) is 1.20. The summed E-state index contributed by atoms with van der Waals surface area (Å²) in [5.74, 6) is 0.161. The fourth-order valence-corrected chi connectivity index (χ4v) is 2.97. The van der Waals surface area contributed by atoms with Crippen molar-refractivity contribution in [3.8, 4) is 5.75 Å². The Balaban J connectivity index is 1.67. The lowest BCUT2D eigenvalue weighted by atomic mass is 10.0. The molecule has 0 amide bonds. The molecule has 2 atom stereocenters. The van der Waals surface area contributed by atoms with Gasteiger partial charge in [0.1, 0.15) is 11.8 Å². The Kier molecular flexibility index (Phi) is 3.73. The van der Waals surface area contributed by atoms with Gasteiger partial charge >= 0.3 is 6.61 Å². The highest BCUT2D eigenvalue weighted by atomic mass is 32.1. The lowest BCUT2D eigenvalue weighted by Crippen LogP contribution is -2.02. The molecule has 0 fully saturated rings. The second kappa shape index (κ2) is 5.66. The third-order valence-corrected chi connectivity index (χ3v) is 4.13. The molecule has 0 saturated heterocycles. The van der Waals surface area contributed by atoms with Crippen LogP contribution in [0.3, 0.4) is 0 Å². The van der Waals surface area contributed by atoms with Crippen LogP contribution >= 0.6 is 11.3 Å². The van der Waals surface area contributed by atoms with Crippen LogP contribution in [0.1, 0.15) is 28.9 Å². The molecule has 104 valence electrons. The van der Waals surface area contributed by atoms with E-state index in [1.54, 1.807) is 23.5 Å². The second-order valence-corrected chi connectivity index (χ2v) is 5.44. The fourth-order valence-electron chi connectivity index (χ4n) is 2.19. The van der Waals surface area contributed by atoms with Gasteiger partial charge in [0.15, 0.2) is 0 Å². The third kappa shape index (κ3) is 2.85. The van der Waals surface area contributed by atoms with Crippen LogP contribution < -0.4 is 4.74 Å². The van der Waals surface area contributed by atoms with Gasteiger partial charge in [0, 0.05) is 11.3 Å². The summed E-state index contributed by atoms with van der Waals surface area (Å²) in [6.45, 7) is -2.80.